The molecule has 0 amide bonds. The maximum atomic E-state index is 12.4. The average Bonchev–Trinajstić information content (AvgIpc) is 2.90. The number of carboxylic acid groups (broad SMARTS) is 1. The lowest BCUT2D eigenvalue weighted by molar-refractivity contribution is -0.889. The molecule has 41 heavy (non-hydrogen) atoms. The average molecular weight is 586 g/mol. The number of aliphatic carboxylic acids is 1. The van der Waals surface area contributed by atoms with Crippen molar-refractivity contribution in [3.05, 3.63) is 0 Å². The van der Waals surface area contributed by atoms with Crippen LogP contribution < -0.4 is 5.11 Å². The van der Waals surface area contributed by atoms with Crippen molar-refractivity contribution in [1.29, 1.82) is 0 Å². The van der Waals surface area contributed by atoms with E-state index in [4.69, 9.17) is 14.2 Å². The molecule has 0 saturated heterocycles. The fourth-order valence-electron chi connectivity index (χ4n) is 4.87. The Kier molecular flexibility index (Phi) is 24.9. The highest BCUT2D eigenvalue weighted by Gasteiger charge is 2.25. The Morgan fingerprint density at radius 2 is 1.12 bits per heavy atom. The van der Waals surface area contributed by atoms with Crippen molar-refractivity contribution in [2.75, 3.05) is 41.0 Å². The van der Waals surface area contributed by atoms with Gasteiger partial charge in [0, 0.05) is 19.3 Å². The number of quaternary nitrogens is 1. The van der Waals surface area contributed by atoms with Crippen LogP contribution in [0.4, 0.5) is 0 Å². The van der Waals surface area contributed by atoms with Crippen LogP contribution in [-0.2, 0) is 28.6 Å². The molecular weight excluding hydrogens is 522 g/mol. The molecule has 0 aliphatic rings. The fourth-order valence-corrected chi connectivity index (χ4v) is 4.87. The van der Waals surface area contributed by atoms with Gasteiger partial charge in [-0.15, -0.1) is 0 Å². The van der Waals surface area contributed by atoms with Gasteiger partial charge >= 0.3 is 11.9 Å². The SMILES string of the molecule is CCCCCCCCCCCCCCCCCCC(=O)OC(COCCC(C(=O)[O-])[N+](C)(C)C)COC(=O)CCC. The van der Waals surface area contributed by atoms with Crippen LogP contribution in [0.25, 0.3) is 0 Å². The highest BCUT2D eigenvalue weighted by Crippen LogP contribution is 2.14. The van der Waals surface area contributed by atoms with E-state index in [1.165, 1.54) is 83.5 Å². The monoisotopic (exact) mass is 585 g/mol. The molecule has 0 aliphatic heterocycles. The first-order valence-electron chi connectivity index (χ1n) is 16.6. The van der Waals surface area contributed by atoms with Crippen molar-refractivity contribution in [3.8, 4) is 0 Å². The Bertz CT molecular complexity index is 662. The lowest BCUT2D eigenvalue weighted by Crippen LogP contribution is -2.55. The zero-order valence-corrected chi connectivity index (χ0v) is 27.2. The number of ether oxygens (including phenoxy) is 3. The second-order valence-electron chi connectivity index (χ2n) is 12.4. The molecule has 8 heteroatoms. The van der Waals surface area contributed by atoms with Crippen LogP contribution in [0.3, 0.4) is 0 Å². The minimum absolute atomic E-state index is 0.0427. The second-order valence-corrected chi connectivity index (χ2v) is 12.4. The highest BCUT2D eigenvalue weighted by atomic mass is 16.6. The van der Waals surface area contributed by atoms with Crippen LogP contribution in [-0.4, -0.2) is 75.5 Å². The number of carbonyl (C=O) groups excluding carboxylic acids is 3. The minimum atomic E-state index is -1.13. The van der Waals surface area contributed by atoms with E-state index in [9.17, 15) is 19.5 Å². The molecule has 0 rings (SSSR count). The molecule has 242 valence electrons. The molecular formula is C33H63NO7. The van der Waals surface area contributed by atoms with Crippen LogP contribution in [0.5, 0.6) is 0 Å². The summed E-state index contributed by atoms with van der Waals surface area (Å²) in [5, 5.41) is 11.4. The van der Waals surface area contributed by atoms with Crippen LogP contribution >= 0.6 is 0 Å². The normalized spacial score (nSPS) is 13.1. The third-order valence-electron chi connectivity index (χ3n) is 7.46. The summed E-state index contributed by atoms with van der Waals surface area (Å²) < 4.78 is 16.6. The number of carboxylic acids is 1. The number of carbonyl (C=O) groups is 3. The van der Waals surface area contributed by atoms with E-state index in [1.54, 1.807) is 21.1 Å². The van der Waals surface area contributed by atoms with Gasteiger partial charge in [0.25, 0.3) is 0 Å². The predicted octanol–water partition coefficient (Wildman–Crippen LogP) is 6.12. The Morgan fingerprint density at radius 1 is 0.634 bits per heavy atom. The molecule has 0 heterocycles. The first-order valence-corrected chi connectivity index (χ1v) is 16.6. The van der Waals surface area contributed by atoms with Crippen molar-refractivity contribution < 1.29 is 38.2 Å². The third-order valence-corrected chi connectivity index (χ3v) is 7.46. The summed E-state index contributed by atoms with van der Waals surface area (Å²) in [6.07, 6.45) is 21.3. The largest absolute Gasteiger partial charge is 0.544 e. The Morgan fingerprint density at radius 3 is 1.56 bits per heavy atom. The molecule has 0 aliphatic carbocycles. The van der Waals surface area contributed by atoms with Gasteiger partial charge in [-0.05, 0) is 12.8 Å². The summed E-state index contributed by atoms with van der Waals surface area (Å²) >= 11 is 0. The summed E-state index contributed by atoms with van der Waals surface area (Å²) in [7, 11) is 5.37. The first-order chi connectivity index (χ1) is 19.6. The smallest absolute Gasteiger partial charge is 0.306 e. The van der Waals surface area contributed by atoms with E-state index in [1.807, 2.05) is 6.92 Å². The van der Waals surface area contributed by atoms with E-state index < -0.39 is 18.1 Å². The topological polar surface area (TPSA) is 102 Å². The molecule has 0 saturated carbocycles. The molecule has 8 nitrogen and oxygen atoms in total. The molecule has 0 fully saturated rings. The molecule has 0 aromatic carbocycles. The molecule has 0 radical (unpaired) electrons. The molecule has 0 aromatic rings. The predicted molar refractivity (Wildman–Crippen MR) is 162 cm³/mol. The fraction of sp³-hybridized carbons (Fsp3) is 0.909. The minimum Gasteiger partial charge on any atom is -0.544 e. The van der Waals surface area contributed by atoms with Crippen molar-refractivity contribution in [1.82, 2.24) is 0 Å². The molecule has 2 unspecified atom stereocenters. The van der Waals surface area contributed by atoms with Gasteiger partial charge in [-0.2, -0.15) is 0 Å². The van der Waals surface area contributed by atoms with Gasteiger partial charge in [-0.25, -0.2) is 0 Å². The maximum Gasteiger partial charge on any atom is 0.306 e. The molecule has 0 aromatic heterocycles. The van der Waals surface area contributed by atoms with E-state index in [-0.39, 0.29) is 42.7 Å². The summed E-state index contributed by atoms with van der Waals surface area (Å²) in [5.74, 6) is -1.79. The number of nitrogens with zero attached hydrogens (tertiary/aromatic N) is 1. The number of unbranched alkanes of at least 4 members (excludes halogenated alkanes) is 15. The number of hydrogen-bond acceptors (Lipinski definition) is 7. The van der Waals surface area contributed by atoms with Crippen LogP contribution in [0, 0.1) is 0 Å². The Balaban J connectivity index is 4.08. The van der Waals surface area contributed by atoms with E-state index in [0.29, 0.717) is 19.3 Å². The Labute approximate surface area is 251 Å². The summed E-state index contributed by atoms with van der Waals surface area (Å²) in [6.45, 7) is 4.30. The standard InChI is InChI=1S/C33H63NO7/c1-6-8-9-10-11-12-13-14-15-16-17-18-19-20-21-22-24-32(36)41-29(28-40-31(35)23-7-2)27-39-26-25-30(33(37)38)34(3,4)5/h29-30H,6-28H2,1-5H3. The number of hydrogen-bond donors (Lipinski definition) is 0. The van der Waals surface area contributed by atoms with E-state index in [2.05, 4.69) is 6.92 Å². The zero-order chi connectivity index (χ0) is 30.8. The first kappa shape index (κ1) is 39.3. The molecule has 0 spiro atoms. The van der Waals surface area contributed by atoms with Gasteiger partial charge in [-0.3, -0.25) is 9.59 Å². The number of rotatable bonds is 29. The quantitative estimate of drug-likeness (QED) is 0.0592. The number of likely N-dealkylation sites (N-methyl/N-ethyl adjacent to an activating group) is 1. The van der Waals surface area contributed by atoms with Gasteiger partial charge in [0.2, 0.25) is 0 Å². The molecule has 2 atom stereocenters. The van der Waals surface area contributed by atoms with Gasteiger partial charge in [0.1, 0.15) is 12.6 Å². The summed E-state index contributed by atoms with van der Waals surface area (Å²) in [6, 6.07) is -0.715. The van der Waals surface area contributed by atoms with Crippen LogP contribution in [0.1, 0.15) is 142 Å². The molecule has 0 bridgehead atoms. The lowest BCUT2D eigenvalue weighted by Gasteiger charge is -2.34. The lowest BCUT2D eigenvalue weighted by atomic mass is 10.0. The van der Waals surface area contributed by atoms with Gasteiger partial charge in [0.05, 0.1) is 40.3 Å². The van der Waals surface area contributed by atoms with Crippen LogP contribution in [0.15, 0.2) is 0 Å². The van der Waals surface area contributed by atoms with Crippen molar-refractivity contribution in [3.63, 3.8) is 0 Å². The van der Waals surface area contributed by atoms with Gasteiger partial charge < -0.3 is 28.6 Å². The number of esters is 2. The third kappa shape index (κ3) is 24.6. The van der Waals surface area contributed by atoms with Crippen molar-refractivity contribution in [2.45, 2.75) is 154 Å². The molecule has 0 N–H and O–H groups in total. The highest BCUT2D eigenvalue weighted by molar-refractivity contribution is 5.70. The zero-order valence-electron chi connectivity index (χ0n) is 27.2. The summed E-state index contributed by atoms with van der Waals surface area (Å²) in [4.78, 5) is 35.7. The summed E-state index contributed by atoms with van der Waals surface area (Å²) in [5.41, 5.74) is 0. The van der Waals surface area contributed by atoms with E-state index in [0.717, 1.165) is 19.3 Å². The van der Waals surface area contributed by atoms with Gasteiger partial charge in [0.15, 0.2) is 6.10 Å². The maximum absolute atomic E-state index is 12.4. The van der Waals surface area contributed by atoms with Gasteiger partial charge in [-0.1, -0.05) is 110 Å². The Hall–Kier alpha value is -1.67. The second kappa shape index (κ2) is 26.0. The van der Waals surface area contributed by atoms with Crippen molar-refractivity contribution >= 4 is 17.9 Å². The van der Waals surface area contributed by atoms with Crippen molar-refractivity contribution in [2.24, 2.45) is 0 Å². The van der Waals surface area contributed by atoms with Crippen LogP contribution in [0.2, 0.25) is 0 Å². The van der Waals surface area contributed by atoms with E-state index >= 15 is 0 Å².